The van der Waals surface area contributed by atoms with Crippen LogP contribution in [0.1, 0.15) is 49.5 Å². The molecule has 1 atom stereocenters. The Hall–Kier alpha value is -4.02. The number of carbonyl (C=O) groups is 1. The Kier molecular flexibility index (Phi) is 7.63. The molecule has 42 heavy (non-hydrogen) atoms. The first kappa shape index (κ1) is 30.9. The second kappa shape index (κ2) is 10.4. The molecular formula is C24H18ClF9N6O2. The Labute approximate surface area is 235 Å². The first-order valence-electron chi connectivity index (χ1n) is 11.6. The number of hydrogen-bond donors (Lipinski definition) is 2. The molecule has 2 aromatic heterocycles. The van der Waals surface area contributed by atoms with Gasteiger partial charge in [0.25, 0.3) is 0 Å². The third-order valence-corrected chi connectivity index (χ3v) is 5.81. The van der Waals surface area contributed by atoms with E-state index in [2.05, 4.69) is 25.7 Å². The Morgan fingerprint density at radius 3 is 2.14 bits per heavy atom. The summed E-state index contributed by atoms with van der Waals surface area (Å²) in [5, 5.41) is 2.70. The molecule has 0 spiro atoms. The van der Waals surface area contributed by atoms with Crippen LogP contribution >= 0.6 is 11.6 Å². The number of hydrogen-bond acceptors (Lipinski definition) is 7. The average Bonchev–Trinajstić information content (AvgIpc) is 3.18. The molecule has 8 nitrogen and oxygen atoms in total. The largest absolute Gasteiger partial charge is 0.443 e. The van der Waals surface area contributed by atoms with Gasteiger partial charge in [0.2, 0.25) is 0 Å². The van der Waals surface area contributed by atoms with E-state index in [9.17, 15) is 44.3 Å². The number of carbonyl (C=O) groups excluding carboxylic acids is 1. The number of alkyl halides is 9. The number of pyridine rings is 1. The van der Waals surface area contributed by atoms with E-state index < -0.39 is 76.2 Å². The molecule has 1 amide bonds. The SMILES string of the molecule is CC(C)(C)OC(=O)NN1c2nc(-c3ccc(C(F)(F)F)nc3)nc(C(F)(F)F)c2NC1c1cc(C(F)(F)F)ccc1Cl. The fourth-order valence-corrected chi connectivity index (χ4v) is 3.99. The molecular weight excluding hydrogens is 611 g/mol. The van der Waals surface area contributed by atoms with Crippen molar-refractivity contribution in [2.24, 2.45) is 0 Å². The highest BCUT2D eigenvalue weighted by molar-refractivity contribution is 6.31. The zero-order valence-corrected chi connectivity index (χ0v) is 22.2. The lowest BCUT2D eigenvalue weighted by Crippen LogP contribution is -2.46. The minimum absolute atomic E-state index is 0.321. The van der Waals surface area contributed by atoms with E-state index in [1.807, 2.05) is 0 Å². The number of halogens is 10. The first-order valence-corrected chi connectivity index (χ1v) is 12.0. The summed E-state index contributed by atoms with van der Waals surface area (Å²) in [5.74, 6) is -1.45. The van der Waals surface area contributed by atoms with Gasteiger partial charge in [-0.25, -0.2) is 25.2 Å². The van der Waals surface area contributed by atoms with Gasteiger partial charge in [-0.1, -0.05) is 11.6 Å². The molecule has 1 aliphatic heterocycles. The summed E-state index contributed by atoms with van der Waals surface area (Å²) in [6, 6.07) is 3.37. The number of nitrogens with zero attached hydrogens (tertiary/aromatic N) is 4. The molecule has 1 aromatic carbocycles. The van der Waals surface area contributed by atoms with E-state index >= 15 is 0 Å². The fraction of sp³-hybridized carbons (Fsp3) is 0.333. The van der Waals surface area contributed by atoms with Crippen molar-refractivity contribution in [3.63, 3.8) is 0 Å². The van der Waals surface area contributed by atoms with Crippen molar-refractivity contribution in [3.8, 4) is 11.4 Å². The van der Waals surface area contributed by atoms with E-state index in [0.717, 1.165) is 12.1 Å². The number of amides is 1. The van der Waals surface area contributed by atoms with Gasteiger partial charge in [-0.15, -0.1) is 0 Å². The number of ether oxygens (including phenoxy) is 1. The van der Waals surface area contributed by atoms with Crippen LogP contribution in [0.5, 0.6) is 0 Å². The summed E-state index contributed by atoms with van der Waals surface area (Å²) in [6.07, 6.45) is -17.3. The van der Waals surface area contributed by atoms with Crippen molar-refractivity contribution in [2.75, 3.05) is 10.3 Å². The van der Waals surface area contributed by atoms with Gasteiger partial charge in [0.15, 0.2) is 17.3 Å². The lowest BCUT2D eigenvalue weighted by atomic mass is 10.1. The minimum Gasteiger partial charge on any atom is -0.443 e. The summed E-state index contributed by atoms with van der Waals surface area (Å²) in [6.45, 7) is 4.43. The molecule has 18 heteroatoms. The van der Waals surface area contributed by atoms with Crippen LogP contribution in [0.4, 0.5) is 55.8 Å². The monoisotopic (exact) mass is 628 g/mol. The maximum atomic E-state index is 14.2. The topological polar surface area (TPSA) is 92.3 Å². The lowest BCUT2D eigenvalue weighted by molar-refractivity contribution is -0.141. The number of aromatic nitrogens is 3. The molecule has 1 aliphatic rings. The highest BCUT2D eigenvalue weighted by Gasteiger charge is 2.45. The van der Waals surface area contributed by atoms with Crippen molar-refractivity contribution in [2.45, 2.75) is 51.1 Å². The van der Waals surface area contributed by atoms with Crippen molar-refractivity contribution in [3.05, 3.63) is 64.1 Å². The van der Waals surface area contributed by atoms with Crippen LogP contribution in [0.3, 0.4) is 0 Å². The lowest BCUT2D eigenvalue weighted by Gasteiger charge is -2.29. The van der Waals surface area contributed by atoms with E-state index in [-0.39, 0.29) is 10.6 Å². The van der Waals surface area contributed by atoms with Crippen molar-refractivity contribution in [1.82, 2.24) is 20.4 Å². The molecule has 0 bridgehead atoms. The third-order valence-electron chi connectivity index (χ3n) is 5.47. The summed E-state index contributed by atoms with van der Waals surface area (Å²) in [7, 11) is 0. The number of rotatable bonds is 3. The highest BCUT2D eigenvalue weighted by Crippen LogP contribution is 2.48. The summed E-state index contributed by atoms with van der Waals surface area (Å²) in [5.41, 5.74) is -4.76. The van der Waals surface area contributed by atoms with Gasteiger partial charge in [-0.2, -0.15) is 39.5 Å². The number of fused-ring (bicyclic) bond motifs is 1. The quantitative estimate of drug-likeness (QED) is 0.288. The Morgan fingerprint density at radius 1 is 0.952 bits per heavy atom. The van der Waals surface area contributed by atoms with E-state index in [4.69, 9.17) is 16.3 Å². The van der Waals surface area contributed by atoms with Gasteiger partial charge >= 0.3 is 24.6 Å². The molecule has 1 unspecified atom stereocenters. The van der Waals surface area contributed by atoms with Crippen LogP contribution in [0, 0.1) is 0 Å². The maximum absolute atomic E-state index is 14.2. The van der Waals surface area contributed by atoms with Crippen molar-refractivity contribution < 1.29 is 49.0 Å². The molecule has 0 fully saturated rings. The molecule has 2 N–H and O–H groups in total. The van der Waals surface area contributed by atoms with E-state index in [1.165, 1.54) is 20.8 Å². The van der Waals surface area contributed by atoms with Crippen molar-refractivity contribution >= 4 is 29.2 Å². The first-order chi connectivity index (χ1) is 19.1. The number of anilines is 2. The summed E-state index contributed by atoms with van der Waals surface area (Å²) in [4.78, 5) is 23.3. The van der Waals surface area contributed by atoms with E-state index in [0.29, 0.717) is 29.4 Å². The maximum Gasteiger partial charge on any atom is 0.435 e. The van der Waals surface area contributed by atoms with Gasteiger partial charge in [-0.3, -0.25) is 4.98 Å². The third kappa shape index (κ3) is 6.55. The molecule has 226 valence electrons. The second-order valence-corrected chi connectivity index (χ2v) is 10.2. The Bertz CT molecular complexity index is 1500. The standard InChI is InChI=1S/C24H18ClF9N6O2/c1-21(2,3)42-20(41)39-40-18(12-8-11(22(26,27)28)5-6-13(12)25)36-15-16(24(32,33)34)37-17(38-19(15)40)10-4-7-14(35-9-10)23(29,30)31/h4-9,18,36H,1-3H3,(H,39,41). The van der Waals surface area contributed by atoms with Crippen molar-refractivity contribution in [1.29, 1.82) is 0 Å². The number of nitrogens with one attached hydrogen (secondary N) is 2. The molecule has 0 aliphatic carbocycles. The Balaban J connectivity index is 1.91. The van der Waals surface area contributed by atoms with Gasteiger partial charge in [-0.05, 0) is 51.1 Å². The van der Waals surface area contributed by atoms with Gasteiger partial charge in [0.05, 0.1) is 5.56 Å². The number of hydrazine groups is 1. The van der Waals surface area contributed by atoms with E-state index in [1.54, 1.807) is 0 Å². The van der Waals surface area contributed by atoms with Gasteiger partial charge in [0.1, 0.15) is 23.1 Å². The average molecular weight is 629 g/mol. The zero-order valence-electron chi connectivity index (χ0n) is 21.4. The number of benzene rings is 1. The summed E-state index contributed by atoms with van der Waals surface area (Å²) < 4.78 is 127. The minimum atomic E-state index is -5.21. The highest BCUT2D eigenvalue weighted by atomic mass is 35.5. The summed E-state index contributed by atoms with van der Waals surface area (Å²) >= 11 is 6.15. The van der Waals surface area contributed by atoms with Crippen LogP contribution in [0.2, 0.25) is 5.02 Å². The van der Waals surface area contributed by atoms with Gasteiger partial charge in [0, 0.05) is 22.3 Å². The molecule has 0 saturated heterocycles. The zero-order chi connectivity index (χ0) is 31.4. The second-order valence-electron chi connectivity index (χ2n) is 9.79. The smallest absolute Gasteiger partial charge is 0.435 e. The van der Waals surface area contributed by atoms with Crippen LogP contribution in [-0.2, 0) is 23.3 Å². The van der Waals surface area contributed by atoms with Crippen LogP contribution in [0.15, 0.2) is 36.5 Å². The Morgan fingerprint density at radius 2 is 1.62 bits per heavy atom. The molecule has 0 radical (unpaired) electrons. The van der Waals surface area contributed by atoms with Crippen LogP contribution in [-0.4, -0.2) is 26.6 Å². The van der Waals surface area contributed by atoms with Crippen LogP contribution in [0.25, 0.3) is 11.4 Å². The molecule has 4 rings (SSSR count). The molecule has 3 aromatic rings. The molecule has 0 saturated carbocycles. The predicted octanol–water partition coefficient (Wildman–Crippen LogP) is 7.62. The molecule has 3 heterocycles. The van der Waals surface area contributed by atoms with Crippen LogP contribution < -0.4 is 15.8 Å². The van der Waals surface area contributed by atoms with Gasteiger partial charge < -0.3 is 10.1 Å². The fourth-order valence-electron chi connectivity index (χ4n) is 3.77. The predicted molar refractivity (Wildman–Crippen MR) is 130 cm³/mol. The normalized spacial score (nSPS) is 15.7.